The molecule has 1 saturated heterocycles. The summed E-state index contributed by atoms with van der Waals surface area (Å²) in [5, 5.41) is 10.8. The summed E-state index contributed by atoms with van der Waals surface area (Å²) in [5.41, 5.74) is 2.62. The maximum Gasteiger partial charge on any atom is 0.119 e. The molecule has 1 N–H and O–H groups in total. The summed E-state index contributed by atoms with van der Waals surface area (Å²) in [6, 6.07) is 6.59. The second-order valence-electron chi connectivity index (χ2n) is 9.86. The van der Waals surface area contributed by atoms with Crippen molar-refractivity contribution in [3.8, 4) is 5.75 Å². The zero-order chi connectivity index (χ0) is 19.3. The zero-order valence-electron chi connectivity index (χ0n) is 18.0. The summed E-state index contributed by atoms with van der Waals surface area (Å²) in [6.45, 7) is 10.6. The van der Waals surface area contributed by atoms with Crippen LogP contribution in [0.4, 0.5) is 0 Å². The number of piperidine rings is 1. The SMILES string of the molecule is CCCCCCC(C)(C)c1ccc(C2CCCN(CC3CCC3)C2)c(O)c1. The molecule has 0 spiro atoms. The Morgan fingerprint density at radius 2 is 1.89 bits per heavy atom. The van der Waals surface area contributed by atoms with Crippen LogP contribution >= 0.6 is 0 Å². The Kier molecular flexibility index (Phi) is 7.25. The smallest absolute Gasteiger partial charge is 0.119 e. The topological polar surface area (TPSA) is 23.5 Å². The highest BCUT2D eigenvalue weighted by molar-refractivity contribution is 5.41. The fraction of sp³-hybridized carbons (Fsp3) is 0.760. The summed E-state index contributed by atoms with van der Waals surface area (Å²) in [5.74, 6) is 1.97. The van der Waals surface area contributed by atoms with E-state index in [1.807, 2.05) is 0 Å². The van der Waals surface area contributed by atoms with Crippen molar-refractivity contribution < 1.29 is 5.11 Å². The molecule has 1 aromatic rings. The average Bonchev–Trinajstić information content (AvgIpc) is 2.62. The molecular formula is C25H41NO. The Morgan fingerprint density at radius 3 is 2.56 bits per heavy atom. The molecule has 152 valence electrons. The molecule has 27 heavy (non-hydrogen) atoms. The lowest BCUT2D eigenvalue weighted by molar-refractivity contribution is 0.143. The van der Waals surface area contributed by atoms with Crippen molar-refractivity contribution in [3.05, 3.63) is 29.3 Å². The van der Waals surface area contributed by atoms with Gasteiger partial charge in [-0.3, -0.25) is 0 Å². The number of nitrogens with zero attached hydrogens (tertiary/aromatic N) is 1. The fourth-order valence-corrected chi connectivity index (χ4v) is 4.96. The van der Waals surface area contributed by atoms with Crippen molar-refractivity contribution in [1.29, 1.82) is 0 Å². The number of aromatic hydroxyl groups is 1. The molecular weight excluding hydrogens is 330 g/mol. The Balaban J connectivity index is 1.61. The van der Waals surface area contributed by atoms with Crippen molar-refractivity contribution in [2.75, 3.05) is 19.6 Å². The first-order chi connectivity index (χ1) is 13.0. The van der Waals surface area contributed by atoms with E-state index in [2.05, 4.69) is 43.9 Å². The number of unbranched alkanes of at least 4 members (excludes halogenated alkanes) is 3. The van der Waals surface area contributed by atoms with Crippen molar-refractivity contribution >= 4 is 0 Å². The van der Waals surface area contributed by atoms with Gasteiger partial charge >= 0.3 is 0 Å². The fourth-order valence-electron chi connectivity index (χ4n) is 4.96. The van der Waals surface area contributed by atoms with Gasteiger partial charge in [-0.1, -0.05) is 65.0 Å². The largest absolute Gasteiger partial charge is 0.508 e. The first-order valence-corrected chi connectivity index (χ1v) is 11.6. The predicted molar refractivity (Wildman–Crippen MR) is 116 cm³/mol. The van der Waals surface area contributed by atoms with E-state index in [-0.39, 0.29) is 5.41 Å². The number of phenolic OH excluding ortho intramolecular Hbond substituents is 1. The van der Waals surface area contributed by atoms with Gasteiger partial charge in [0, 0.05) is 19.0 Å². The second kappa shape index (κ2) is 9.45. The molecule has 1 aromatic carbocycles. The van der Waals surface area contributed by atoms with Crippen LogP contribution in [-0.2, 0) is 5.41 Å². The van der Waals surface area contributed by atoms with Crippen molar-refractivity contribution in [1.82, 2.24) is 4.90 Å². The van der Waals surface area contributed by atoms with E-state index in [9.17, 15) is 5.11 Å². The summed E-state index contributed by atoms with van der Waals surface area (Å²) in [6.07, 6.45) is 13.2. The van der Waals surface area contributed by atoms with E-state index in [0.29, 0.717) is 11.7 Å². The third-order valence-corrected chi connectivity index (χ3v) is 7.15. The van der Waals surface area contributed by atoms with E-state index in [1.54, 1.807) is 0 Å². The maximum atomic E-state index is 10.8. The van der Waals surface area contributed by atoms with Gasteiger partial charge in [-0.25, -0.2) is 0 Å². The van der Waals surface area contributed by atoms with E-state index in [4.69, 9.17) is 0 Å². The lowest BCUT2D eigenvalue weighted by Crippen LogP contribution is -2.39. The van der Waals surface area contributed by atoms with Crippen LogP contribution in [0.25, 0.3) is 0 Å². The molecule has 1 unspecified atom stereocenters. The molecule has 2 aliphatic rings. The van der Waals surface area contributed by atoms with E-state index in [0.717, 1.165) is 12.5 Å². The molecule has 1 saturated carbocycles. The van der Waals surface area contributed by atoms with Gasteiger partial charge in [0.25, 0.3) is 0 Å². The molecule has 3 rings (SSSR count). The van der Waals surface area contributed by atoms with Crippen LogP contribution in [0.3, 0.4) is 0 Å². The minimum atomic E-state index is 0.145. The quantitative estimate of drug-likeness (QED) is 0.493. The number of rotatable bonds is 9. The highest BCUT2D eigenvalue weighted by Crippen LogP contribution is 2.38. The van der Waals surface area contributed by atoms with Crippen LogP contribution in [0.5, 0.6) is 5.75 Å². The van der Waals surface area contributed by atoms with Gasteiger partial charge < -0.3 is 10.0 Å². The number of benzene rings is 1. The number of likely N-dealkylation sites (tertiary alicyclic amines) is 1. The number of hydrogen-bond donors (Lipinski definition) is 1. The third-order valence-electron chi connectivity index (χ3n) is 7.15. The molecule has 0 radical (unpaired) electrons. The van der Waals surface area contributed by atoms with Crippen LogP contribution in [-0.4, -0.2) is 29.6 Å². The Hall–Kier alpha value is -1.02. The summed E-state index contributed by atoms with van der Waals surface area (Å²) in [4.78, 5) is 2.66. The minimum absolute atomic E-state index is 0.145. The van der Waals surface area contributed by atoms with Crippen molar-refractivity contribution in [2.45, 2.75) is 96.3 Å². The van der Waals surface area contributed by atoms with Crippen molar-refractivity contribution in [3.63, 3.8) is 0 Å². The molecule has 2 heteroatoms. The lowest BCUT2D eigenvalue weighted by atomic mass is 9.78. The van der Waals surface area contributed by atoms with Crippen LogP contribution < -0.4 is 0 Å². The van der Waals surface area contributed by atoms with Gasteiger partial charge in [0.15, 0.2) is 0 Å². The summed E-state index contributed by atoms with van der Waals surface area (Å²) < 4.78 is 0. The first kappa shape index (κ1) is 20.7. The molecule has 1 atom stereocenters. The summed E-state index contributed by atoms with van der Waals surface area (Å²) >= 11 is 0. The highest BCUT2D eigenvalue weighted by Gasteiger charge is 2.28. The molecule has 2 nitrogen and oxygen atoms in total. The molecule has 2 fully saturated rings. The normalized spacial score (nSPS) is 22.0. The maximum absolute atomic E-state index is 10.8. The highest BCUT2D eigenvalue weighted by atomic mass is 16.3. The van der Waals surface area contributed by atoms with Crippen molar-refractivity contribution in [2.24, 2.45) is 5.92 Å². The molecule has 0 bridgehead atoms. The van der Waals surface area contributed by atoms with Crippen LogP contribution in [0, 0.1) is 5.92 Å². The standard InChI is InChI=1S/C25H41NO/c1-4-5-6-7-15-25(2,3)22-13-14-23(24(27)17-22)21-12-9-16-26(19-21)18-20-10-8-11-20/h13-14,17,20-21,27H,4-12,15-16,18-19H2,1-3H3. The molecule has 1 aliphatic carbocycles. The number of phenols is 1. The minimum Gasteiger partial charge on any atom is -0.508 e. The Labute approximate surface area is 167 Å². The van der Waals surface area contributed by atoms with Gasteiger partial charge in [0.05, 0.1) is 0 Å². The predicted octanol–water partition coefficient (Wildman–Crippen LogP) is 6.62. The van der Waals surface area contributed by atoms with Gasteiger partial charge in [-0.05, 0) is 67.2 Å². The van der Waals surface area contributed by atoms with E-state index in [1.165, 1.54) is 88.4 Å². The molecule has 0 aromatic heterocycles. The Morgan fingerprint density at radius 1 is 1.07 bits per heavy atom. The second-order valence-corrected chi connectivity index (χ2v) is 9.86. The first-order valence-electron chi connectivity index (χ1n) is 11.6. The van der Waals surface area contributed by atoms with Gasteiger partial charge in [-0.2, -0.15) is 0 Å². The molecule has 1 heterocycles. The van der Waals surface area contributed by atoms with Crippen LogP contribution in [0.15, 0.2) is 18.2 Å². The van der Waals surface area contributed by atoms with Gasteiger partial charge in [0.1, 0.15) is 5.75 Å². The monoisotopic (exact) mass is 371 g/mol. The third kappa shape index (κ3) is 5.50. The average molecular weight is 372 g/mol. The lowest BCUT2D eigenvalue weighted by Gasteiger charge is -2.38. The van der Waals surface area contributed by atoms with E-state index >= 15 is 0 Å². The zero-order valence-corrected chi connectivity index (χ0v) is 18.0. The molecule has 1 aliphatic heterocycles. The Bertz CT molecular complexity index is 590. The number of hydrogen-bond acceptors (Lipinski definition) is 2. The van der Waals surface area contributed by atoms with E-state index < -0.39 is 0 Å². The van der Waals surface area contributed by atoms with Crippen LogP contribution in [0.2, 0.25) is 0 Å². The summed E-state index contributed by atoms with van der Waals surface area (Å²) in [7, 11) is 0. The van der Waals surface area contributed by atoms with Gasteiger partial charge in [-0.15, -0.1) is 0 Å². The van der Waals surface area contributed by atoms with Crippen LogP contribution in [0.1, 0.15) is 102 Å². The van der Waals surface area contributed by atoms with Gasteiger partial charge in [0.2, 0.25) is 0 Å². The molecule has 0 amide bonds.